The molecular weight excluding hydrogens is 399 g/mol. The second-order valence-corrected chi connectivity index (χ2v) is 6.95. The lowest BCUT2D eigenvalue weighted by molar-refractivity contribution is -0.138. The summed E-state index contributed by atoms with van der Waals surface area (Å²) in [4.78, 5) is 20.4. The number of piperazine rings is 1. The fourth-order valence-electron chi connectivity index (χ4n) is 2.84. The van der Waals surface area contributed by atoms with Gasteiger partial charge >= 0.3 is 0 Å². The number of hydrogen-bond acceptors (Lipinski definition) is 4. The molecule has 2 aromatic rings. The zero-order valence-corrected chi connectivity index (χ0v) is 16.0. The van der Waals surface area contributed by atoms with Crippen LogP contribution in [0.15, 0.2) is 30.5 Å². The molecule has 1 aromatic heterocycles. The number of halogens is 4. The first-order valence-electron chi connectivity index (χ1n) is 8.31. The Morgan fingerprint density at radius 3 is 2.48 bits per heavy atom. The van der Waals surface area contributed by atoms with Gasteiger partial charge in [0, 0.05) is 38.4 Å². The molecule has 144 valence electrons. The monoisotopic (exact) mass is 415 g/mol. The highest BCUT2D eigenvalue weighted by atomic mass is 35.5. The van der Waals surface area contributed by atoms with Crippen molar-refractivity contribution in [3.05, 3.63) is 52.1 Å². The normalized spacial score (nSPS) is 15.6. The zero-order valence-electron chi connectivity index (χ0n) is 14.5. The molecule has 1 unspecified atom stereocenters. The molecule has 1 aliphatic rings. The maximum Gasteiger partial charge on any atom is 0.263 e. The lowest BCUT2D eigenvalue weighted by atomic mass is 10.2. The SMILES string of the molecule is CC(Oc1ccc(F)c(F)c1)C(=O)N1CCN(c2ncc(Cl)cc2Cl)CC1. The number of benzene rings is 1. The number of rotatable bonds is 4. The number of aromatic nitrogens is 1. The summed E-state index contributed by atoms with van der Waals surface area (Å²) in [6.07, 6.45) is 0.705. The fourth-order valence-corrected chi connectivity index (χ4v) is 3.34. The average molecular weight is 416 g/mol. The Bertz CT molecular complexity index is 845. The first-order valence-corrected chi connectivity index (χ1v) is 9.07. The number of carbonyl (C=O) groups excluding carboxylic acids is 1. The van der Waals surface area contributed by atoms with Crippen molar-refractivity contribution in [2.24, 2.45) is 0 Å². The quantitative estimate of drug-likeness (QED) is 0.761. The van der Waals surface area contributed by atoms with Gasteiger partial charge in [-0.2, -0.15) is 0 Å². The molecule has 0 spiro atoms. The molecule has 1 amide bonds. The maximum absolute atomic E-state index is 13.3. The van der Waals surface area contributed by atoms with Crippen molar-refractivity contribution < 1.29 is 18.3 Å². The van der Waals surface area contributed by atoms with Gasteiger partial charge in [-0.05, 0) is 25.1 Å². The first kappa shape index (κ1) is 19.6. The molecule has 1 atom stereocenters. The van der Waals surface area contributed by atoms with Gasteiger partial charge in [0.25, 0.3) is 5.91 Å². The van der Waals surface area contributed by atoms with Crippen LogP contribution >= 0.6 is 23.2 Å². The van der Waals surface area contributed by atoms with Gasteiger partial charge in [0.1, 0.15) is 11.6 Å². The Kier molecular flexibility index (Phi) is 6.01. The van der Waals surface area contributed by atoms with E-state index in [-0.39, 0.29) is 11.7 Å². The highest BCUT2D eigenvalue weighted by molar-refractivity contribution is 6.36. The lowest BCUT2D eigenvalue weighted by Gasteiger charge is -2.36. The molecule has 0 saturated carbocycles. The smallest absolute Gasteiger partial charge is 0.263 e. The topological polar surface area (TPSA) is 45.7 Å². The minimum absolute atomic E-state index is 0.102. The van der Waals surface area contributed by atoms with Crippen molar-refractivity contribution >= 4 is 34.9 Å². The van der Waals surface area contributed by atoms with Crippen LogP contribution in [-0.4, -0.2) is 48.1 Å². The summed E-state index contributed by atoms with van der Waals surface area (Å²) < 4.78 is 31.7. The Hall–Kier alpha value is -2.12. The number of hydrogen-bond donors (Lipinski definition) is 0. The minimum Gasteiger partial charge on any atom is -0.481 e. The van der Waals surface area contributed by atoms with E-state index >= 15 is 0 Å². The summed E-state index contributed by atoms with van der Waals surface area (Å²) >= 11 is 12.0. The highest BCUT2D eigenvalue weighted by Crippen LogP contribution is 2.27. The van der Waals surface area contributed by atoms with Crippen LogP contribution in [0.25, 0.3) is 0 Å². The van der Waals surface area contributed by atoms with E-state index < -0.39 is 17.7 Å². The van der Waals surface area contributed by atoms with Crippen LogP contribution in [0.3, 0.4) is 0 Å². The van der Waals surface area contributed by atoms with Crippen molar-refractivity contribution in [1.29, 1.82) is 0 Å². The van der Waals surface area contributed by atoms with E-state index in [4.69, 9.17) is 27.9 Å². The molecule has 1 fully saturated rings. The Balaban J connectivity index is 1.58. The number of nitrogens with zero attached hydrogens (tertiary/aromatic N) is 3. The van der Waals surface area contributed by atoms with Gasteiger partial charge in [0.05, 0.1) is 10.0 Å². The predicted molar refractivity (Wildman–Crippen MR) is 99.5 cm³/mol. The van der Waals surface area contributed by atoms with E-state index in [0.717, 1.165) is 12.1 Å². The van der Waals surface area contributed by atoms with Crippen LogP contribution < -0.4 is 9.64 Å². The van der Waals surface area contributed by atoms with Crippen LogP contribution in [0.5, 0.6) is 5.75 Å². The average Bonchev–Trinajstić information content (AvgIpc) is 2.64. The fraction of sp³-hybridized carbons (Fsp3) is 0.333. The third-order valence-corrected chi connectivity index (χ3v) is 4.72. The second kappa shape index (κ2) is 8.27. The van der Waals surface area contributed by atoms with E-state index in [2.05, 4.69) is 4.98 Å². The molecule has 27 heavy (non-hydrogen) atoms. The summed E-state index contributed by atoms with van der Waals surface area (Å²) in [6, 6.07) is 4.80. The summed E-state index contributed by atoms with van der Waals surface area (Å²) in [5.74, 6) is -1.49. The van der Waals surface area contributed by atoms with Gasteiger partial charge in [-0.15, -0.1) is 0 Å². The molecule has 1 aliphatic heterocycles. The Morgan fingerprint density at radius 2 is 1.85 bits per heavy atom. The van der Waals surface area contributed by atoms with E-state index in [1.165, 1.54) is 12.3 Å². The van der Waals surface area contributed by atoms with E-state index in [1.54, 1.807) is 17.9 Å². The molecule has 1 saturated heterocycles. The van der Waals surface area contributed by atoms with Crippen molar-refractivity contribution in [3.8, 4) is 5.75 Å². The van der Waals surface area contributed by atoms with Crippen molar-refractivity contribution in [2.75, 3.05) is 31.1 Å². The Labute approximate surface area is 165 Å². The molecule has 9 heteroatoms. The molecule has 2 heterocycles. The van der Waals surface area contributed by atoms with Gasteiger partial charge in [0.15, 0.2) is 17.7 Å². The van der Waals surface area contributed by atoms with Crippen molar-refractivity contribution in [1.82, 2.24) is 9.88 Å². The predicted octanol–water partition coefficient (Wildman–Crippen LogP) is 3.78. The minimum atomic E-state index is -1.02. The largest absolute Gasteiger partial charge is 0.481 e. The zero-order chi connectivity index (χ0) is 19.6. The molecular formula is C18H17Cl2F2N3O2. The van der Waals surface area contributed by atoms with Crippen LogP contribution in [0.2, 0.25) is 10.0 Å². The summed E-state index contributed by atoms with van der Waals surface area (Å²) in [5.41, 5.74) is 0. The molecule has 0 N–H and O–H groups in total. The Morgan fingerprint density at radius 1 is 1.15 bits per heavy atom. The van der Waals surface area contributed by atoms with Gasteiger partial charge in [0.2, 0.25) is 0 Å². The number of anilines is 1. The number of pyridine rings is 1. The van der Waals surface area contributed by atoms with E-state index in [1.807, 2.05) is 4.90 Å². The summed E-state index contributed by atoms with van der Waals surface area (Å²) in [6.45, 7) is 3.61. The molecule has 0 bridgehead atoms. The van der Waals surface area contributed by atoms with Crippen molar-refractivity contribution in [2.45, 2.75) is 13.0 Å². The third kappa shape index (κ3) is 4.59. The van der Waals surface area contributed by atoms with E-state index in [0.29, 0.717) is 42.0 Å². The van der Waals surface area contributed by atoms with Gasteiger partial charge < -0.3 is 14.5 Å². The molecule has 0 aliphatic carbocycles. The third-order valence-electron chi connectivity index (χ3n) is 4.23. The maximum atomic E-state index is 13.3. The number of ether oxygens (including phenoxy) is 1. The van der Waals surface area contributed by atoms with Crippen LogP contribution in [0, 0.1) is 11.6 Å². The lowest BCUT2D eigenvalue weighted by Crippen LogP contribution is -2.52. The first-order chi connectivity index (χ1) is 12.8. The molecule has 3 rings (SSSR count). The molecule has 0 radical (unpaired) electrons. The number of amides is 1. The molecule has 1 aromatic carbocycles. The summed E-state index contributed by atoms with van der Waals surface area (Å²) in [5, 5.41) is 0.915. The van der Waals surface area contributed by atoms with E-state index in [9.17, 15) is 13.6 Å². The standard InChI is InChI=1S/C18H17Cl2F2N3O2/c1-11(27-13-2-3-15(21)16(22)9-13)18(26)25-6-4-24(5-7-25)17-14(20)8-12(19)10-23-17/h2-3,8-11H,4-7H2,1H3. The summed E-state index contributed by atoms with van der Waals surface area (Å²) in [7, 11) is 0. The number of carbonyl (C=O) groups is 1. The van der Waals surface area contributed by atoms with Crippen LogP contribution in [-0.2, 0) is 4.79 Å². The van der Waals surface area contributed by atoms with Gasteiger partial charge in [-0.1, -0.05) is 23.2 Å². The van der Waals surface area contributed by atoms with Crippen LogP contribution in [0.1, 0.15) is 6.92 Å². The molecule has 5 nitrogen and oxygen atoms in total. The highest BCUT2D eigenvalue weighted by Gasteiger charge is 2.27. The van der Waals surface area contributed by atoms with Gasteiger partial charge in [-0.3, -0.25) is 4.79 Å². The van der Waals surface area contributed by atoms with Crippen LogP contribution in [0.4, 0.5) is 14.6 Å². The second-order valence-electron chi connectivity index (χ2n) is 6.11. The van der Waals surface area contributed by atoms with Crippen molar-refractivity contribution in [3.63, 3.8) is 0 Å². The van der Waals surface area contributed by atoms with Gasteiger partial charge in [-0.25, -0.2) is 13.8 Å².